The van der Waals surface area contributed by atoms with E-state index in [4.69, 9.17) is 0 Å². The SMILES string of the molecule is O.O=c1cc(C(F)(F)F)[nH]c(=O)[nH]1. The Balaban J connectivity index is 0.00000144. The molecular weight excluding hydrogens is 193 g/mol. The van der Waals surface area contributed by atoms with Crippen LogP contribution in [0.3, 0.4) is 0 Å². The smallest absolute Gasteiger partial charge is 0.412 e. The van der Waals surface area contributed by atoms with Crippen LogP contribution in [-0.2, 0) is 6.18 Å². The summed E-state index contributed by atoms with van der Waals surface area (Å²) in [5.41, 5.74) is -3.60. The van der Waals surface area contributed by atoms with Crippen molar-refractivity contribution in [3.8, 4) is 0 Å². The maximum atomic E-state index is 11.8. The molecule has 13 heavy (non-hydrogen) atoms. The Hall–Kier alpha value is -1.57. The molecular formula is C5H5F3N2O3. The number of aromatic nitrogens is 2. The molecule has 1 aromatic rings. The lowest BCUT2D eigenvalue weighted by atomic mass is 10.4. The highest BCUT2D eigenvalue weighted by Gasteiger charge is 2.32. The molecule has 5 nitrogen and oxygen atoms in total. The molecule has 74 valence electrons. The number of hydrogen-bond acceptors (Lipinski definition) is 2. The van der Waals surface area contributed by atoms with Crippen molar-refractivity contribution in [3.05, 3.63) is 32.6 Å². The van der Waals surface area contributed by atoms with E-state index < -0.39 is 23.1 Å². The standard InChI is InChI=1S/C5H3F3N2O2.H2O/c6-5(7,8)2-1-3(11)10-4(12)9-2;/h1H,(H2,9,10,11,12);1H2. The zero-order valence-corrected chi connectivity index (χ0v) is 6.03. The largest absolute Gasteiger partial charge is 0.431 e. The van der Waals surface area contributed by atoms with Gasteiger partial charge in [0.15, 0.2) is 0 Å². The second-order valence-corrected chi connectivity index (χ2v) is 2.00. The van der Waals surface area contributed by atoms with Crippen molar-refractivity contribution in [2.75, 3.05) is 0 Å². The lowest BCUT2D eigenvalue weighted by Crippen LogP contribution is -2.26. The van der Waals surface area contributed by atoms with Crippen LogP contribution in [0.1, 0.15) is 5.69 Å². The molecule has 8 heteroatoms. The summed E-state index contributed by atoms with van der Waals surface area (Å²) in [5, 5.41) is 0. The number of hydrogen-bond donors (Lipinski definition) is 2. The fourth-order valence-corrected chi connectivity index (χ4v) is 0.621. The first-order valence-electron chi connectivity index (χ1n) is 2.80. The Morgan fingerprint density at radius 1 is 1.15 bits per heavy atom. The summed E-state index contributed by atoms with van der Waals surface area (Å²) in [4.78, 5) is 23.8. The molecule has 0 aliphatic heterocycles. The van der Waals surface area contributed by atoms with Crippen LogP contribution in [-0.4, -0.2) is 15.4 Å². The highest BCUT2D eigenvalue weighted by atomic mass is 19.4. The maximum absolute atomic E-state index is 11.8. The van der Waals surface area contributed by atoms with Gasteiger partial charge < -0.3 is 10.5 Å². The summed E-state index contributed by atoms with van der Waals surface area (Å²) in [5.74, 6) is 0. The van der Waals surface area contributed by atoms with Crippen molar-refractivity contribution in [2.45, 2.75) is 6.18 Å². The van der Waals surface area contributed by atoms with Gasteiger partial charge >= 0.3 is 11.9 Å². The number of halogens is 3. The number of H-pyrrole nitrogens is 2. The summed E-state index contributed by atoms with van der Waals surface area (Å²) in [7, 11) is 0. The van der Waals surface area contributed by atoms with Gasteiger partial charge in [-0.1, -0.05) is 0 Å². The molecule has 0 bridgehead atoms. The van der Waals surface area contributed by atoms with Gasteiger partial charge in [-0.2, -0.15) is 13.2 Å². The molecule has 1 heterocycles. The van der Waals surface area contributed by atoms with Crippen LogP contribution in [0.5, 0.6) is 0 Å². The Labute approximate surface area is 68.5 Å². The van der Waals surface area contributed by atoms with Crippen molar-refractivity contribution >= 4 is 0 Å². The first kappa shape index (κ1) is 11.4. The van der Waals surface area contributed by atoms with Gasteiger partial charge in [-0.25, -0.2) is 4.79 Å². The van der Waals surface area contributed by atoms with Crippen LogP contribution in [0.15, 0.2) is 15.7 Å². The summed E-state index contributed by atoms with van der Waals surface area (Å²) in [6, 6.07) is 0.279. The Morgan fingerprint density at radius 3 is 2.08 bits per heavy atom. The monoisotopic (exact) mass is 198 g/mol. The van der Waals surface area contributed by atoms with Gasteiger partial charge in [0, 0.05) is 6.07 Å². The van der Waals surface area contributed by atoms with E-state index in [9.17, 15) is 22.8 Å². The topological polar surface area (TPSA) is 97.2 Å². The van der Waals surface area contributed by atoms with Crippen LogP contribution in [0.25, 0.3) is 0 Å². The summed E-state index contributed by atoms with van der Waals surface area (Å²) >= 11 is 0. The molecule has 0 amide bonds. The van der Waals surface area contributed by atoms with Crippen LogP contribution in [0, 0.1) is 0 Å². The zero-order chi connectivity index (χ0) is 9.35. The van der Waals surface area contributed by atoms with E-state index in [1.165, 1.54) is 4.98 Å². The van der Waals surface area contributed by atoms with E-state index in [2.05, 4.69) is 0 Å². The normalized spacial score (nSPS) is 10.7. The number of alkyl halides is 3. The van der Waals surface area contributed by atoms with Crippen LogP contribution >= 0.6 is 0 Å². The molecule has 0 saturated heterocycles. The Morgan fingerprint density at radius 2 is 1.69 bits per heavy atom. The van der Waals surface area contributed by atoms with E-state index in [0.29, 0.717) is 0 Å². The predicted molar refractivity (Wildman–Crippen MR) is 36.3 cm³/mol. The van der Waals surface area contributed by atoms with E-state index in [0.717, 1.165) is 0 Å². The van der Waals surface area contributed by atoms with E-state index >= 15 is 0 Å². The highest BCUT2D eigenvalue weighted by molar-refractivity contribution is 5.02. The Kier molecular flexibility index (Phi) is 3.02. The van der Waals surface area contributed by atoms with Gasteiger partial charge in [-0.3, -0.25) is 9.78 Å². The van der Waals surface area contributed by atoms with Crippen molar-refractivity contribution in [1.29, 1.82) is 0 Å². The average molecular weight is 198 g/mol. The molecule has 0 aliphatic carbocycles. The molecule has 0 fully saturated rings. The first-order valence-corrected chi connectivity index (χ1v) is 2.80. The minimum atomic E-state index is -4.70. The second kappa shape index (κ2) is 3.44. The van der Waals surface area contributed by atoms with Crippen molar-refractivity contribution in [1.82, 2.24) is 9.97 Å². The van der Waals surface area contributed by atoms with E-state index in [-0.39, 0.29) is 11.5 Å². The second-order valence-electron chi connectivity index (χ2n) is 2.00. The number of rotatable bonds is 0. The van der Waals surface area contributed by atoms with Crippen molar-refractivity contribution < 1.29 is 18.6 Å². The average Bonchev–Trinajstić information content (AvgIpc) is 1.82. The van der Waals surface area contributed by atoms with Gasteiger partial charge in [0.25, 0.3) is 5.56 Å². The van der Waals surface area contributed by atoms with E-state index in [1.54, 1.807) is 4.98 Å². The van der Waals surface area contributed by atoms with Gasteiger partial charge in [-0.05, 0) is 0 Å². The van der Waals surface area contributed by atoms with Gasteiger partial charge in [0.1, 0.15) is 5.69 Å². The highest BCUT2D eigenvalue weighted by Crippen LogP contribution is 2.25. The molecule has 1 aromatic heterocycles. The lowest BCUT2D eigenvalue weighted by Gasteiger charge is -2.03. The zero-order valence-electron chi connectivity index (χ0n) is 6.03. The molecule has 0 spiro atoms. The quantitative estimate of drug-likeness (QED) is 0.573. The predicted octanol–water partition coefficient (Wildman–Crippen LogP) is -0.743. The fraction of sp³-hybridized carbons (Fsp3) is 0.200. The molecule has 1 rings (SSSR count). The van der Waals surface area contributed by atoms with E-state index in [1.807, 2.05) is 0 Å². The third kappa shape index (κ3) is 2.75. The van der Waals surface area contributed by atoms with Crippen molar-refractivity contribution in [3.63, 3.8) is 0 Å². The molecule has 0 atom stereocenters. The molecule has 0 saturated carbocycles. The summed E-state index contributed by atoms with van der Waals surface area (Å²) in [6.45, 7) is 0. The molecule has 4 N–H and O–H groups in total. The van der Waals surface area contributed by atoms with Crippen LogP contribution in [0.4, 0.5) is 13.2 Å². The summed E-state index contributed by atoms with van der Waals surface area (Å²) in [6.07, 6.45) is -4.70. The van der Waals surface area contributed by atoms with Gasteiger partial charge in [-0.15, -0.1) is 0 Å². The van der Waals surface area contributed by atoms with Gasteiger partial charge in [0.05, 0.1) is 0 Å². The third-order valence-electron chi connectivity index (χ3n) is 1.07. The molecule has 0 unspecified atom stereocenters. The minimum absolute atomic E-state index is 0. The number of aromatic amines is 2. The summed E-state index contributed by atoms with van der Waals surface area (Å²) < 4.78 is 35.5. The third-order valence-corrected chi connectivity index (χ3v) is 1.07. The van der Waals surface area contributed by atoms with Gasteiger partial charge in [0.2, 0.25) is 0 Å². The lowest BCUT2D eigenvalue weighted by molar-refractivity contribution is -0.141. The number of nitrogens with one attached hydrogen (secondary N) is 2. The molecule has 0 radical (unpaired) electrons. The Bertz CT molecular complexity index is 363. The van der Waals surface area contributed by atoms with Crippen LogP contribution < -0.4 is 11.2 Å². The first-order chi connectivity index (χ1) is 5.39. The minimum Gasteiger partial charge on any atom is -0.412 e. The van der Waals surface area contributed by atoms with Crippen LogP contribution in [0.2, 0.25) is 0 Å². The fourth-order valence-electron chi connectivity index (χ4n) is 0.621. The van der Waals surface area contributed by atoms with Crippen molar-refractivity contribution in [2.24, 2.45) is 0 Å². The molecule has 0 aliphatic rings. The molecule has 0 aromatic carbocycles. The maximum Gasteiger partial charge on any atom is 0.431 e.